The third-order valence-corrected chi connectivity index (χ3v) is 5.58. The summed E-state index contributed by atoms with van der Waals surface area (Å²) in [6.07, 6.45) is -6.80. The average Bonchev–Trinajstić information content (AvgIpc) is 3.49. The lowest BCUT2D eigenvalue weighted by molar-refractivity contribution is -0.193. The number of fused-ring (bicyclic) bond motifs is 1. The number of H-pyrrole nitrogens is 1. The number of nitrogens with zero attached hydrogens (tertiary/aromatic N) is 3. The van der Waals surface area contributed by atoms with Crippen LogP contribution in [0, 0.1) is 0 Å². The van der Waals surface area contributed by atoms with E-state index in [0.29, 0.717) is 45.7 Å². The van der Waals surface area contributed by atoms with Gasteiger partial charge < -0.3 is 30.3 Å². The van der Waals surface area contributed by atoms with Gasteiger partial charge in [-0.3, -0.25) is 9.89 Å². The number of rotatable bonds is 8. The predicted octanol–water partition coefficient (Wildman–Crippen LogP) is 6.38. The first-order valence-corrected chi connectivity index (χ1v) is 14.0. The number of carboxylic acid groups (broad SMARTS) is 2. The maximum Gasteiger partial charge on any atom is 0.490 e. The fourth-order valence-corrected chi connectivity index (χ4v) is 3.67. The Bertz CT molecular complexity index is 1720. The molecule has 1 amide bonds. The van der Waals surface area contributed by atoms with E-state index >= 15 is 0 Å². The molecule has 0 atom stereocenters. The van der Waals surface area contributed by atoms with Crippen LogP contribution in [0.1, 0.15) is 27.7 Å². The van der Waals surface area contributed by atoms with Crippen LogP contribution in [-0.4, -0.2) is 79.3 Å². The Labute approximate surface area is 278 Å². The summed E-state index contributed by atoms with van der Waals surface area (Å²) in [7, 11) is 0. The van der Waals surface area contributed by atoms with Crippen LogP contribution in [0.25, 0.3) is 22.3 Å². The van der Waals surface area contributed by atoms with E-state index in [9.17, 15) is 31.1 Å². The zero-order valence-electron chi connectivity index (χ0n) is 26.0. The summed E-state index contributed by atoms with van der Waals surface area (Å²) < 4.78 is 75.0. The van der Waals surface area contributed by atoms with Gasteiger partial charge in [-0.15, -0.1) is 0 Å². The Kier molecular flexibility index (Phi) is 13.6. The predicted molar refractivity (Wildman–Crippen MR) is 164 cm³/mol. The van der Waals surface area contributed by atoms with Crippen LogP contribution in [0.2, 0.25) is 5.02 Å². The van der Waals surface area contributed by atoms with Crippen LogP contribution in [0.15, 0.2) is 48.8 Å². The fraction of sp³-hybridized carbons (Fsp3) is 0.310. The van der Waals surface area contributed by atoms with Crippen molar-refractivity contribution >= 4 is 51.9 Å². The van der Waals surface area contributed by atoms with Crippen molar-refractivity contribution in [3.63, 3.8) is 0 Å². The molecule has 20 heteroatoms. The standard InChI is InChI=1S/C25H27ClN6O3.2C2HF3O2/c1-5-34-22-18(26)9-10-19-21(22)24(29-16-12-27-28-13-16)31-23(30-19)15-7-6-8-17(11-15)35-14-20(33)32-25(2,3)4;2*3-2(4,5)1(6)7/h6-13H,5,14H2,1-4H3,(H,27,28)(H,32,33)(H,29,30,31);2*(H,6,7). The summed E-state index contributed by atoms with van der Waals surface area (Å²) in [4.78, 5) is 39.5. The quantitative estimate of drug-likeness (QED) is 0.127. The molecule has 0 aliphatic carbocycles. The second kappa shape index (κ2) is 16.7. The van der Waals surface area contributed by atoms with Gasteiger partial charge in [0.05, 0.1) is 34.4 Å². The molecular weight excluding hydrogens is 694 g/mol. The van der Waals surface area contributed by atoms with Crippen LogP contribution in [-0.2, 0) is 14.4 Å². The number of halogens is 7. The highest BCUT2D eigenvalue weighted by atomic mass is 35.5. The first-order valence-electron chi connectivity index (χ1n) is 13.7. The Morgan fingerprint density at radius 2 is 1.55 bits per heavy atom. The largest absolute Gasteiger partial charge is 0.491 e. The number of alkyl halides is 6. The first-order chi connectivity index (χ1) is 22.6. The molecule has 266 valence electrons. The van der Waals surface area contributed by atoms with Crippen molar-refractivity contribution < 1.29 is 60.4 Å². The van der Waals surface area contributed by atoms with E-state index in [2.05, 4.69) is 20.8 Å². The number of ether oxygens (including phenoxy) is 2. The van der Waals surface area contributed by atoms with E-state index in [4.69, 9.17) is 50.8 Å². The average molecular weight is 723 g/mol. The number of carbonyl (C=O) groups is 3. The number of aromatic nitrogens is 4. The Hall–Kier alpha value is -5.33. The third-order valence-electron chi connectivity index (χ3n) is 5.28. The van der Waals surface area contributed by atoms with E-state index in [1.165, 1.54) is 0 Å². The third kappa shape index (κ3) is 13.0. The summed E-state index contributed by atoms with van der Waals surface area (Å²) >= 11 is 6.44. The first kappa shape index (κ1) is 39.8. The van der Waals surface area contributed by atoms with Crippen molar-refractivity contribution in [1.29, 1.82) is 0 Å². The molecule has 0 fully saturated rings. The Morgan fingerprint density at radius 3 is 2.06 bits per heavy atom. The van der Waals surface area contributed by atoms with E-state index in [0.717, 1.165) is 11.3 Å². The fourth-order valence-electron chi connectivity index (χ4n) is 3.46. The highest BCUT2D eigenvalue weighted by Gasteiger charge is 2.38. The monoisotopic (exact) mass is 722 g/mol. The maximum absolute atomic E-state index is 12.1. The highest BCUT2D eigenvalue weighted by Crippen LogP contribution is 2.39. The van der Waals surface area contributed by atoms with Crippen LogP contribution in [0.4, 0.5) is 37.8 Å². The number of amides is 1. The van der Waals surface area contributed by atoms with Gasteiger partial charge in [0, 0.05) is 17.3 Å². The number of carbonyl (C=O) groups excluding carboxylic acids is 1. The lowest BCUT2D eigenvalue weighted by Crippen LogP contribution is -2.43. The van der Waals surface area contributed by atoms with Crippen molar-refractivity contribution in [2.45, 2.75) is 45.6 Å². The summed E-state index contributed by atoms with van der Waals surface area (Å²) in [5.74, 6) is -3.68. The molecule has 0 bridgehead atoms. The Morgan fingerprint density at radius 1 is 0.939 bits per heavy atom. The minimum absolute atomic E-state index is 0.0944. The van der Waals surface area contributed by atoms with E-state index in [1.807, 2.05) is 45.9 Å². The number of aliphatic carboxylic acids is 2. The Balaban J connectivity index is 0.000000500. The van der Waals surface area contributed by atoms with Gasteiger partial charge in [-0.05, 0) is 52.0 Å². The van der Waals surface area contributed by atoms with Gasteiger partial charge in [0.1, 0.15) is 11.6 Å². The molecule has 0 spiro atoms. The molecule has 49 heavy (non-hydrogen) atoms. The molecule has 0 unspecified atom stereocenters. The van der Waals surface area contributed by atoms with E-state index < -0.39 is 24.3 Å². The van der Waals surface area contributed by atoms with Gasteiger partial charge in [0.25, 0.3) is 5.91 Å². The molecular formula is C29H29ClF6N6O7. The minimum Gasteiger partial charge on any atom is -0.491 e. The zero-order valence-corrected chi connectivity index (χ0v) is 26.7. The van der Waals surface area contributed by atoms with Gasteiger partial charge in [-0.1, -0.05) is 23.7 Å². The topological polar surface area (TPSA) is 189 Å². The second-order valence-corrected chi connectivity index (χ2v) is 10.8. The normalized spacial score (nSPS) is 11.3. The van der Waals surface area contributed by atoms with Crippen LogP contribution in [0.3, 0.4) is 0 Å². The van der Waals surface area contributed by atoms with E-state index in [1.54, 1.807) is 30.6 Å². The van der Waals surface area contributed by atoms with Crippen molar-refractivity contribution in [3.8, 4) is 22.9 Å². The number of benzene rings is 2. The lowest BCUT2D eigenvalue weighted by atomic mass is 10.1. The van der Waals surface area contributed by atoms with Gasteiger partial charge in [0.2, 0.25) is 0 Å². The van der Waals surface area contributed by atoms with E-state index in [-0.39, 0.29) is 18.1 Å². The molecule has 13 nitrogen and oxygen atoms in total. The molecule has 2 heterocycles. The maximum atomic E-state index is 12.1. The summed E-state index contributed by atoms with van der Waals surface area (Å²) in [5.41, 5.74) is 1.77. The van der Waals surface area contributed by atoms with Gasteiger partial charge in [-0.2, -0.15) is 31.4 Å². The molecule has 0 saturated carbocycles. The second-order valence-electron chi connectivity index (χ2n) is 10.4. The molecule has 5 N–H and O–H groups in total. The zero-order chi connectivity index (χ0) is 37.2. The van der Waals surface area contributed by atoms with Gasteiger partial charge in [0.15, 0.2) is 18.2 Å². The van der Waals surface area contributed by atoms with Crippen LogP contribution < -0.4 is 20.1 Å². The lowest BCUT2D eigenvalue weighted by Gasteiger charge is -2.20. The SMILES string of the molecule is CCOc1c(Cl)ccc2nc(-c3cccc(OCC(=O)NC(C)(C)C)c3)nc(Nc3cn[nH]c3)c12.O=C(O)C(F)(F)F.O=C(O)C(F)(F)F. The molecule has 2 aromatic heterocycles. The van der Waals surface area contributed by atoms with Crippen molar-refractivity contribution in [3.05, 3.63) is 53.8 Å². The number of nitrogens with one attached hydrogen (secondary N) is 3. The number of anilines is 2. The molecule has 2 aromatic carbocycles. The summed E-state index contributed by atoms with van der Waals surface area (Å²) in [5, 5.41) is 28.3. The number of hydrogen-bond acceptors (Lipinski definition) is 9. The molecule has 0 aliphatic heterocycles. The summed E-state index contributed by atoms with van der Waals surface area (Å²) in [6.45, 7) is 7.99. The van der Waals surface area contributed by atoms with Crippen LogP contribution >= 0.6 is 11.6 Å². The molecule has 0 saturated heterocycles. The smallest absolute Gasteiger partial charge is 0.490 e. The number of hydrogen-bond donors (Lipinski definition) is 5. The highest BCUT2D eigenvalue weighted by molar-refractivity contribution is 6.33. The van der Waals surface area contributed by atoms with Crippen molar-refractivity contribution in [2.75, 3.05) is 18.5 Å². The molecule has 0 radical (unpaired) electrons. The number of carboxylic acids is 2. The molecule has 0 aliphatic rings. The van der Waals surface area contributed by atoms with Crippen molar-refractivity contribution in [2.24, 2.45) is 0 Å². The van der Waals surface area contributed by atoms with Crippen molar-refractivity contribution in [1.82, 2.24) is 25.5 Å². The minimum atomic E-state index is -5.08. The molecule has 4 aromatic rings. The molecule has 4 rings (SSSR count). The van der Waals surface area contributed by atoms with Gasteiger partial charge in [-0.25, -0.2) is 19.6 Å². The number of aromatic amines is 1. The van der Waals surface area contributed by atoms with Crippen LogP contribution in [0.5, 0.6) is 11.5 Å². The summed E-state index contributed by atoms with van der Waals surface area (Å²) in [6, 6.07) is 10.9. The van der Waals surface area contributed by atoms with Gasteiger partial charge >= 0.3 is 24.3 Å².